The average Bonchev–Trinajstić information content (AvgIpc) is 2.70. The number of hydrogen-bond donors (Lipinski definition) is 0. The number of aromatic nitrogens is 2. The summed E-state index contributed by atoms with van der Waals surface area (Å²) < 4.78 is 4.58. The van der Waals surface area contributed by atoms with Gasteiger partial charge in [-0.05, 0) is 73.1 Å². The lowest BCUT2D eigenvalue weighted by atomic mass is 9.76. The first-order valence-corrected chi connectivity index (χ1v) is 10.6. The molecule has 1 aliphatic carbocycles. The molecule has 144 valence electrons. The number of carbonyl (C=O) groups excluding carboxylic acids is 1. The Morgan fingerprint density at radius 3 is 2.31 bits per heavy atom. The van der Waals surface area contributed by atoms with Gasteiger partial charge in [0.15, 0.2) is 0 Å². The summed E-state index contributed by atoms with van der Waals surface area (Å²) in [5.74, 6) is 0.969. The highest BCUT2D eigenvalue weighted by atomic mass is 16.1. The van der Waals surface area contributed by atoms with Crippen LogP contribution in [0.1, 0.15) is 41.9 Å². The zero-order valence-electron chi connectivity index (χ0n) is 16.6. The van der Waals surface area contributed by atoms with Crippen LogP contribution in [0.15, 0.2) is 66.7 Å². The smallest absolute Gasteiger partial charge is 0.140 e. The van der Waals surface area contributed by atoms with Gasteiger partial charge < -0.3 is 0 Å². The molecule has 0 radical (unpaired) electrons. The van der Waals surface area contributed by atoms with Crippen LogP contribution < -0.4 is 0 Å². The largest absolute Gasteiger partial charge is 0.299 e. The van der Waals surface area contributed by atoms with Crippen molar-refractivity contribution in [1.82, 2.24) is 9.03 Å². The third-order valence-corrected chi connectivity index (χ3v) is 6.75. The first-order chi connectivity index (χ1) is 14.2. The molecule has 2 atom stereocenters. The molecule has 1 saturated carbocycles. The molecule has 0 amide bonds. The van der Waals surface area contributed by atoms with Crippen molar-refractivity contribution < 1.29 is 4.79 Å². The Balaban J connectivity index is 1.23. The summed E-state index contributed by atoms with van der Waals surface area (Å²) in [6.45, 7) is 2.14. The number of hydrogen-bond acceptors (Lipinski definition) is 1. The fraction of sp³-hybridized carbons (Fsp3) is 0.269. The Labute approximate surface area is 169 Å². The first-order valence-electron chi connectivity index (χ1n) is 10.6. The van der Waals surface area contributed by atoms with Crippen LogP contribution in [-0.4, -0.2) is 14.8 Å². The monoisotopic (exact) mass is 380 g/mol. The molecule has 1 aliphatic rings. The second-order valence-corrected chi connectivity index (χ2v) is 8.72. The van der Waals surface area contributed by atoms with Crippen LogP contribution in [0.5, 0.6) is 0 Å². The molecule has 0 aliphatic heterocycles. The number of fused-ring (bicyclic) bond motifs is 7. The van der Waals surface area contributed by atoms with Gasteiger partial charge in [-0.1, -0.05) is 42.5 Å². The summed E-state index contributed by atoms with van der Waals surface area (Å²) in [4.78, 5) is 12.8. The van der Waals surface area contributed by atoms with Crippen molar-refractivity contribution >= 4 is 27.9 Å². The molecule has 0 spiro atoms. The number of aryl methyl sites for hydroxylation is 1. The maximum absolute atomic E-state index is 12.8. The molecular formula is C26H24N2O. The second-order valence-electron chi connectivity index (χ2n) is 8.72. The molecule has 0 saturated heterocycles. The van der Waals surface area contributed by atoms with Crippen molar-refractivity contribution in [2.45, 2.75) is 38.5 Å². The lowest BCUT2D eigenvalue weighted by Crippen LogP contribution is -2.24. The van der Waals surface area contributed by atoms with E-state index < -0.39 is 0 Å². The predicted octanol–water partition coefficient (Wildman–Crippen LogP) is 5.79. The zero-order chi connectivity index (χ0) is 19.5. The molecule has 3 heteroatoms. The minimum absolute atomic E-state index is 0.0962. The lowest BCUT2D eigenvalue weighted by molar-refractivity contribution is -0.123. The van der Waals surface area contributed by atoms with Crippen molar-refractivity contribution in [1.29, 1.82) is 0 Å². The number of rotatable bonds is 3. The molecule has 2 heterocycles. The Morgan fingerprint density at radius 1 is 0.828 bits per heavy atom. The van der Waals surface area contributed by atoms with Gasteiger partial charge >= 0.3 is 0 Å². The van der Waals surface area contributed by atoms with E-state index in [0.717, 1.165) is 19.3 Å². The molecule has 6 rings (SSSR count). The fourth-order valence-corrected chi connectivity index (χ4v) is 5.27. The third-order valence-electron chi connectivity index (χ3n) is 6.75. The van der Waals surface area contributed by atoms with Gasteiger partial charge in [-0.3, -0.25) is 4.79 Å². The first kappa shape index (κ1) is 16.8. The Kier molecular flexibility index (Phi) is 3.61. The topological polar surface area (TPSA) is 25.9 Å². The van der Waals surface area contributed by atoms with E-state index in [4.69, 9.17) is 0 Å². The third kappa shape index (κ3) is 2.53. The van der Waals surface area contributed by atoms with E-state index in [1.54, 1.807) is 0 Å². The molecule has 0 N–H and O–H groups in total. The van der Waals surface area contributed by atoms with Crippen LogP contribution in [0.3, 0.4) is 0 Å². The molecule has 2 unspecified atom stereocenters. The highest BCUT2D eigenvalue weighted by Crippen LogP contribution is 2.36. The van der Waals surface area contributed by atoms with Gasteiger partial charge in [0, 0.05) is 12.3 Å². The van der Waals surface area contributed by atoms with Crippen molar-refractivity contribution in [3.63, 3.8) is 0 Å². The molecule has 2 aromatic heterocycles. The van der Waals surface area contributed by atoms with Crippen LogP contribution >= 0.6 is 0 Å². The SMILES string of the molecule is Cc1ccc2c(c1)n1c3ccc(CC4CCC(c5ccccc5)C(=O)C4)cc3n21. The van der Waals surface area contributed by atoms with Crippen molar-refractivity contribution in [2.75, 3.05) is 0 Å². The molecular weight excluding hydrogens is 356 g/mol. The molecule has 29 heavy (non-hydrogen) atoms. The van der Waals surface area contributed by atoms with Gasteiger partial charge in [-0.2, -0.15) is 0 Å². The lowest BCUT2D eigenvalue weighted by Gasteiger charge is -2.29. The molecule has 1 fully saturated rings. The van der Waals surface area contributed by atoms with E-state index in [2.05, 4.69) is 64.5 Å². The highest BCUT2D eigenvalue weighted by molar-refractivity contribution is 5.94. The molecule has 5 aromatic rings. The van der Waals surface area contributed by atoms with E-state index in [1.165, 1.54) is 38.8 Å². The number of nitrogens with zero attached hydrogens (tertiary/aromatic N) is 2. The van der Waals surface area contributed by atoms with Crippen LogP contribution in [0.2, 0.25) is 0 Å². The quantitative estimate of drug-likeness (QED) is 0.364. The van der Waals surface area contributed by atoms with Gasteiger partial charge in [0.25, 0.3) is 0 Å². The van der Waals surface area contributed by atoms with E-state index in [9.17, 15) is 4.79 Å². The van der Waals surface area contributed by atoms with Gasteiger partial charge in [0.1, 0.15) is 5.78 Å². The van der Waals surface area contributed by atoms with Gasteiger partial charge in [0.2, 0.25) is 0 Å². The summed E-state index contributed by atoms with van der Waals surface area (Å²) in [5.41, 5.74) is 9.00. The summed E-state index contributed by atoms with van der Waals surface area (Å²) in [6, 6.07) is 23.7. The van der Waals surface area contributed by atoms with Crippen molar-refractivity contribution in [3.05, 3.63) is 83.4 Å². The second kappa shape index (κ2) is 6.21. The number of carbonyl (C=O) groups is 1. The zero-order valence-corrected chi connectivity index (χ0v) is 16.6. The van der Waals surface area contributed by atoms with Crippen molar-refractivity contribution in [3.8, 4) is 0 Å². The minimum atomic E-state index is 0.0962. The summed E-state index contributed by atoms with van der Waals surface area (Å²) >= 11 is 0. The van der Waals surface area contributed by atoms with Crippen LogP contribution in [-0.2, 0) is 11.2 Å². The standard InChI is InChI=1S/C26H24N2O/c1-17-7-11-22-24(13-17)27-23-12-9-18(15-25(23)28(22)27)14-19-8-10-21(26(29)16-19)20-5-3-2-4-6-20/h2-7,9,11-13,15,19,21H,8,10,14,16H2,1H3. The number of Topliss-reactive ketones (excluding diaryl/α,β-unsaturated/α-hetero) is 1. The van der Waals surface area contributed by atoms with Crippen LogP contribution in [0.4, 0.5) is 0 Å². The van der Waals surface area contributed by atoms with Crippen LogP contribution in [0, 0.1) is 12.8 Å². The molecule has 0 bridgehead atoms. The molecule has 3 aromatic carbocycles. The van der Waals surface area contributed by atoms with Gasteiger partial charge in [-0.15, -0.1) is 0 Å². The van der Waals surface area contributed by atoms with Gasteiger partial charge in [0.05, 0.1) is 22.1 Å². The summed E-state index contributed by atoms with van der Waals surface area (Å²) in [6.07, 6.45) is 3.80. The maximum atomic E-state index is 12.8. The fourth-order valence-electron chi connectivity index (χ4n) is 5.27. The van der Waals surface area contributed by atoms with Crippen molar-refractivity contribution in [2.24, 2.45) is 5.92 Å². The van der Waals surface area contributed by atoms with Crippen LogP contribution in [0.25, 0.3) is 22.1 Å². The minimum Gasteiger partial charge on any atom is -0.299 e. The Hall–Kier alpha value is -3.07. The predicted molar refractivity (Wildman–Crippen MR) is 117 cm³/mol. The normalized spacial score (nSPS) is 20.4. The summed E-state index contributed by atoms with van der Waals surface area (Å²) in [7, 11) is 0. The van der Waals surface area contributed by atoms with Gasteiger partial charge in [-0.25, -0.2) is 9.03 Å². The number of ketones is 1. The molecule has 3 nitrogen and oxygen atoms in total. The maximum Gasteiger partial charge on any atom is 0.140 e. The number of benzene rings is 3. The van der Waals surface area contributed by atoms with E-state index in [0.29, 0.717) is 18.1 Å². The average molecular weight is 380 g/mol. The Morgan fingerprint density at radius 2 is 1.55 bits per heavy atom. The Bertz CT molecular complexity index is 1340. The summed E-state index contributed by atoms with van der Waals surface area (Å²) in [5, 5.41) is 0. The van der Waals surface area contributed by atoms with E-state index >= 15 is 0 Å². The van der Waals surface area contributed by atoms with E-state index in [1.807, 2.05) is 18.2 Å². The van der Waals surface area contributed by atoms with E-state index in [-0.39, 0.29) is 5.92 Å². The highest BCUT2D eigenvalue weighted by Gasteiger charge is 2.29.